The van der Waals surface area contributed by atoms with Gasteiger partial charge in [0.15, 0.2) is 5.11 Å². The molecule has 2 unspecified atom stereocenters. The highest BCUT2D eigenvalue weighted by atomic mass is 32.1. The molecule has 1 N–H and O–H groups in total. The van der Waals surface area contributed by atoms with Crippen LogP contribution in [0, 0.1) is 20.8 Å². The van der Waals surface area contributed by atoms with Crippen molar-refractivity contribution in [1.82, 2.24) is 19.8 Å². The van der Waals surface area contributed by atoms with Gasteiger partial charge in [0.1, 0.15) is 11.5 Å². The summed E-state index contributed by atoms with van der Waals surface area (Å²) >= 11 is 5.99. The van der Waals surface area contributed by atoms with Crippen molar-refractivity contribution in [2.24, 2.45) is 0 Å². The molecule has 0 bridgehead atoms. The van der Waals surface area contributed by atoms with E-state index in [-0.39, 0.29) is 12.1 Å². The summed E-state index contributed by atoms with van der Waals surface area (Å²) in [4.78, 5) is 9.48. The van der Waals surface area contributed by atoms with E-state index in [9.17, 15) is 0 Å². The summed E-state index contributed by atoms with van der Waals surface area (Å²) in [7, 11) is 0. The van der Waals surface area contributed by atoms with Gasteiger partial charge in [-0.15, -0.1) is 0 Å². The van der Waals surface area contributed by atoms with E-state index in [1.54, 1.807) is 0 Å². The molecule has 2 aliphatic heterocycles. The second-order valence-corrected chi connectivity index (χ2v) is 11.5. The summed E-state index contributed by atoms with van der Waals surface area (Å²) < 4.78 is 14.2. The zero-order valence-electron chi connectivity index (χ0n) is 24.6. The van der Waals surface area contributed by atoms with Gasteiger partial charge in [-0.2, -0.15) is 0 Å². The van der Waals surface area contributed by atoms with Gasteiger partial charge in [0.25, 0.3) is 0 Å². The Kier molecular flexibility index (Phi) is 8.55. The Labute approximate surface area is 254 Å². The normalized spacial score (nSPS) is 19.2. The van der Waals surface area contributed by atoms with Crippen LogP contribution in [0.15, 0.2) is 79.0 Å². The van der Waals surface area contributed by atoms with E-state index in [0.717, 1.165) is 74.3 Å². The molecule has 2 atom stereocenters. The molecule has 4 aromatic rings. The number of pyridine rings is 1. The monoisotopic (exact) mass is 581 g/mol. The number of hydrogen-bond acceptors (Lipinski definition) is 5. The second kappa shape index (κ2) is 12.7. The van der Waals surface area contributed by atoms with Gasteiger partial charge in [-0.25, -0.2) is 0 Å². The van der Waals surface area contributed by atoms with Gasteiger partial charge < -0.3 is 24.3 Å². The van der Waals surface area contributed by atoms with E-state index in [0.29, 0.717) is 5.11 Å². The third-order valence-electron chi connectivity index (χ3n) is 8.43. The van der Waals surface area contributed by atoms with Crippen LogP contribution in [0.4, 0.5) is 5.69 Å². The molecule has 8 heteroatoms. The van der Waals surface area contributed by atoms with Crippen LogP contribution in [-0.4, -0.2) is 52.4 Å². The molecule has 0 amide bonds. The number of aromatic nitrogens is 2. The number of hydrogen-bond donors (Lipinski definition) is 1. The number of aryl methyl sites for hydroxylation is 2. The van der Waals surface area contributed by atoms with Crippen molar-refractivity contribution in [2.75, 3.05) is 37.7 Å². The van der Waals surface area contributed by atoms with Crippen molar-refractivity contribution in [3.05, 3.63) is 107 Å². The molecule has 2 aromatic carbocycles. The highest BCUT2D eigenvalue weighted by Crippen LogP contribution is 2.43. The van der Waals surface area contributed by atoms with Crippen LogP contribution in [-0.2, 0) is 11.3 Å². The first-order valence-electron chi connectivity index (χ1n) is 14.8. The predicted octanol–water partition coefficient (Wildman–Crippen LogP) is 6.50. The maximum absolute atomic E-state index is 6.18. The van der Waals surface area contributed by atoms with E-state index in [1.807, 2.05) is 48.7 Å². The third-order valence-corrected chi connectivity index (χ3v) is 8.74. The van der Waals surface area contributed by atoms with Gasteiger partial charge in [0.05, 0.1) is 31.0 Å². The average molecular weight is 582 g/mol. The van der Waals surface area contributed by atoms with Crippen LogP contribution in [0.25, 0.3) is 0 Å². The Morgan fingerprint density at radius 2 is 1.71 bits per heavy atom. The quantitative estimate of drug-likeness (QED) is 0.227. The van der Waals surface area contributed by atoms with E-state index in [4.69, 9.17) is 26.7 Å². The molecule has 2 fully saturated rings. The van der Waals surface area contributed by atoms with Gasteiger partial charge in [0.2, 0.25) is 0 Å². The fourth-order valence-electron chi connectivity index (χ4n) is 6.17. The number of nitrogens with zero attached hydrogens (tertiary/aromatic N) is 4. The summed E-state index contributed by atoms with van der Waals surface area (Å²) in [6.07, 6.45) is 2.96. The molecule has 6 rings (SSSR count). The molecule has 42 heavy (non-hydrogen) atoms. The lowest BCUT2D eigenvalue weighted by atomic mass is 9.96. The molecule has 218 valence electrons. The molecule has 2 aliphatic rings. The van der Waals surface area contributed by atoms with Gasteiger partial charge in [-0.05, 0) is 99.1 Å². The summed E-state index contributed by atoms with van der Waals surface area (Å²) in [5.74, 6) is 1.65. The average Bonchev–Trinajstić information content (AvgIpc) is 3.50. The fourth-order valence-corrected chi connectivity index (χ4v) is 6.52. The Morgan fingerprint density at radius 3 is 2.45 bits per heavy atom. The van der Waals surface area contributed by atoms with Crippen LogP contribution in [0.2, 0.25) is 0 Å². The van der Waals surface area contributed by atoms with Gasteiger partial charge in [-0.3, -0.25) is 9.88 Å². The Hall–Kier alpha value is -3.72. The number of morpholine rings is 1. The van der Waals surface area contributed by atoms with Crippen LogP contribution in [0.5, 0.6) is 11.5 Å². The minimum atomic E-state index is -0.0797. The van der Waals surface area contributed by atoms with Gasteiger partial charge >= 0.3 is 0 Å². The Balaban J connectivity index is 1.29. The Morgan fingerprint density at radius 1 is 0.952 bits per heavy atom. The minimum Gasteiger partial charge on any atom is -0.457 e. The first-order valence-corrected chi connectivity index (χ1v) is 15.2. The lowest BCUT2D eigenvalue weighted by Crippen LogP contribution is -2.37. The van der Waals surface area contributed by atoms with Crippen molar-refractivity contribution in [2.45, 2.75) is 45.8 Å². The largest absolute Gasteiger partial charge is 0.457 e. The molecular weight excluding hydrogens is 542 g/mol. The first kappa shape index (κ1) is 28.4. The molecule has 7 nitrogen and oxygen atoms in total. The lowest BCUT2D eigenvalue weighted by molar-refractivity contribution is 0.0369. The second-order valence-electron chi connectivity index (χ2n) is 11.1. The molecule has 0 aliphatic carbocycles. The summed E-state index contributed by atoms with van der Waals surface area (Å²) in [5.41, 5.74) is 6.90. The molecule has 0 spiro atoms. The van der Waals surface area contributed by atoms with E-state index in [1.165, 1.54) is 17.0 Å². The molecular formula is C34H39N5O2S. The SMILES string of the molecule is Cc1ccccc1Oc1ccc(N2C(=S)NC(c3ccccn3)C2c2cc(C)n(CCCN3CCOCC3)c2C)cc1. The summed E-state index contributed by atoms with van der Waals surface area (Å²) in [6.45, 7) is 12.3. The van der Waals surface area contributed by atoms with E-state index in [2.05, 4.69) is 70.8 Å². The number of anilines is 1. The summed E-state index contributed by atoms with van der Waals surface area (Å²) in [6, 6.07) is 24.6. The highest BCUT2D eigenvalue weighted by Gasteiger charge is 2.42. The van der Waals surface area contributed by atoms with Crippen LogP contribution < -0.4 is 15.0 Å². The third kappa shape index (κ3) is 5.93. The maximum Gasteiger partial charge on any atom is 0.174 e. The molecule has 0 radical (unpaired) electrons. The molecule has 0 saturated carbocycles. The minimum absolute atomic E-state index is 0.0465. The molecule has 2 saturated heterocycles. The number of benzene rings is 2. The number of rotatable bonds is 9. The zero-order chi connectivity index (χ0) is 29.1. The van der Waals surface area contributed by atoms with Crippen LogP contribution in [0.3, 0.4) is 0 Å². The number of ether oxygens (including phenoxy) is 2. The lowest BCUT2D eigenvalue weighted by Gasteiger charge is -2.28. The Bertz CT molecular complexity index is 1510. The van der Waals surface area contributed by atoms with Crippen molar-refractivity contribution >= 4 is 23.0 Å². The van der Waals surface area contributed by atoms with Crippen LogP contribution >= 0.6 is 12.2 Å². The van der Waals surface area contributed by atoms with Gasteiger partial charge in [-0.1, -0.05) is 24.3 Å². The maximum atomic E-state index is 6.18. The standard InChI is InChI=1S/C34H39N5O2S/c1-24-9-4-5-11-31(24)41-28-14-12-27(13-15-28)39-33(32(36-34(39)42)30-10-6-7-16-35-30)29-23-25(2)38(26(29)3)18-8-17-37-19-21-40-22-20-37/h4-7,9-16,23,32-33H,8,17-22H2,1-3H3,(H,36,42). The van der Waals surface area contributed by atoms with E-state index >= 15 is 0 Å². The summed E-state index contributed by atoms with van der Waals surface area (Å²) in [5, 5.41) is 4.30. The number of thiocarbonyl (C=S) groups is 1. The fraction of sp³-hybridized carbons (Fsp3) is 0.353. The highest BCUT2D eigenvalue weighted by molar-refractivity contribution is 7.80. The zero-order valence-corrected chi connectivity index (χ0v) is 25.4. The van der Waals surface area contributed by atoms with Crippen molar-refractivity contribution in [1.29, 1.82) is 0 Å². The van der Waals surface area contributed by atoms with Crippen molar-refractivity contribution in [3.63, 3.8) is 0 Å². The molecule has 2 aromatic heterocycles. The molecule has 4 heterocycles. The smallest absolute Gasteiger partial charge is 0.174 e. The van der Waals surface area contributed by atoms with Crippen LogP contribution in [0.1, 0.15) is 46.7 Å². The topological polar surface area (TPSA) is 54.8 Å². The van der Waals surface area contributed by atoms with Gasteiger partial charge in [0, 0.05) is 49.5 Å². The van der Waals surface area contributed by atoms with E-state index < -0.39 is 0 Å². The predicted molar refractivity (Wildman–Crippen MR) is 171 cm³/mol. The number of para-hydroxylation sites is 1. The number of nitrogens with one attached hydrogen (secondary N) is 1. The van der Waals surface area contributed by atoms with Crippen molar-refractivity contribution in [3.8, 4) is 11.5 Å². The van der Waals surface area contributed by atoms with Crippen molar-refractivity contribution < 1.29 is 9.47 Å². The first-order chi connectivity index (χ1) is 20.5.